The number of aryl methyl sites for hydroxylation is 1. The third kappa shape index (κ3) is 1.55. The third-order valence-corrected chi connectivity index (χ3v) is 2.27. The number of carbonyl (C=O) groups excluding carboxylic acids is 1. The molecule has 1 heterocycles. The molecule has 0 bridgehead atoms. The lowest BCUT2D eigenvalue weighted by Crippen LogP contribution is -2.12. The van der Waals surface area contributed by atoms with Crippen LogP contribution in [-0.4, -0.2) is 12.6 Å². The van der Waals surface area contributed by atoms with Gasteiger partial charge in [0.2, 0.25) is 0 Å². The van der Waals surface area contributed by atoms with E-state index in [9.17, 15) is 9.18 Å². The topological polar surface area (TPSA) is 38.3 Å². The summed E-state index contributed by atoms with van der Waals surface area (Å²) in [4.78, 5) is 10.8. The maximum atomic E-state index is 12.9. The summed E-state index contributed by atoms with van der Waals surface area (Å²) in [6.45, 7) is 2.27. The van der Waals surface area contributed by atoms with Gasteiger partial charge in [0, 0.05) is 5.56 Å². The fourth-order valence-electron chi connectivity index (χ4n) is 1.52. The molecule has 1 N–H and O–H groups in total. The number of halogens is 1. The summed E-state index contributed by atoms with van der Waals surface area (Å²) < 4.78 is 17.9. The molecule has 0 spiro atoms. The van der Waals surface area contributed by atoms with Crippen LogP contribution in [0.5, 0.6) is 0 Å². The summed E-state index contributed by atoms with van der Waals surface area (Å²) >= 11 is 0. The first-order valence-electron chi connectivity index (χ1n) is 4.37. The number of rotatable bonds is 1. The number of hydrogen-bond donors (Lipinski definition) is 1. The zero-order chi connectivity index (χ0) is 10.1. The molecule has 1 fully saturated rings. The molecule has 1 aliphatic rings. The highest BCUT2D eigenvalue weighted by molar-refractivity contribution is 5.69. The van der Waals surface area contributed by atoms with Crippen molar-refractivity contribution >= 4 is 6.09 Å². The van der Waals surface area contributed by atoms with Gasteiger partial charge in [0.1, 0.15) is 11.9 Å². The number of carbonyl (C=O) groups is 1. The van der Waals surface area contributed by atoms with E-state index in [2.05, 4.69) is 5.32 Å². The summed E-state index contributed by atoms with van der Waals surface area (Å²) in [5.41, 5.74) is 1.65. The summed E-state index contributed by atoms with van der Waals surface area (Å²) in [6.07, 6.45) is -0.808. The Morgan fingerprint density at radius 3 is 3.00 bits per heavy atom. The number of nitrogens with one attached hydrogen (secondary N) is 1. The SMILES string of the molecule is Cc1ccc(F)cc1C1CNC(=O)O1. The molecular formula is C10H10FNO2. The van der Waals surface area contributed by atoms with Crippen molar-refractivity contribution in [2.24, 2.45) is 0 Å². The fourth-order valence-corrected chi connectivity index (χ4v) is 1.52. The molecular weight excluding hydrogens is 185 g/mol. The molecule has 1 unspecified atom stereocenters. The molecule has 4 heteroatoms. The number of cyclic esters (lactones) is 1. The Kier molecular flexibility index (Phi) is 2.11. The first-order valence-corrected chi connectivity index (χ1v) is 4.37. The van der Waals surface area contributed by atoms with E-state index in [-0.39, 0.29) is 11.9 Å². The highest BCUT2D eigenvalue weighted by atomic mass is 19.1. The Morgan fingerprint density at radius 1 is 1.57 bits per heavy atom. The normalized spacial score (nSPS) is 20.4. The van der Waals surface area contributed by atoms with Gasteiger partial charge in [0.25, 0.3) is 0 Å². The van der Waals surface area contributed by atoms with Crippen LogP contribution in [0.2, 0.25) is 0 Å². The lowest BCUT2D eigenvalue weighted by atomic mass is 10.0. The van der Waals surface area contributed by atoms with Gasteiger partial charge in [-0.2, -0.15) is 0 Å². The quantitative estimate of drug-likeness (QED) is 0.743. The molecule has 1 atom stereocenters. The van der Waals surface area contributed by atoms with Gasteiger partial charge in [-0.3, -0.25) is 0 Å². The second kappa shape index (κ2) is 3.29. The Labute approximate surface area is 80.9 Å². The Balaban J connectivity index is 2.31. The van der Waals surface area contributed by atoms with Gasteiger partial charge in [0.15, 0.2) is 0 Å². The van der Waals surface area contributed by atoms with Gasteiger partial charge in [-0.1, -0.05) is 6.07 Å². The zero-order valence-corrected chi connectivity index (χ0v) is 7.71. The van der Waals surface area contributed by atoms with E-state index in [0.29, 0.717) is 6.54 Å². The average molecular weight is 195 g/mol. The second-order valence-corrected chi connectivity index (χ2v) is 3.28. The van der Waals surface area contributed by atoms with Crippen LogP contribution in [0.4, 0.5) is 9.18 Å². The molecule has 2 rings (SSSR count). The molecule has 0 radical (unpaired) electrons. The minimum Gasteiger partial charge on any atom is -0.439 e. The number of amides is 1. The second-order valence-electron chi connectivity index (χ2n) is 3.28. The smallest absolute Gasteiger partial charge is 0.407 e. The van der Waals surface area contributed by atoms with E-state index < -0.39 is 6.09 Å². The van der Waals surface area contributed by atoms with Gasteiger partial charge >= 0.3 is 6.09 Å². The van der Waals surface area contributed by atoms with Crippen molar-refractivity contribution in [3.05, 3.63) is 35.1 Å². The standard InChI is InChI=1S/C10H10FNO2/c1-6-2-3-7(11)4-8(6)9-5-12-10(13)14-9/h2-4,9H,5H2,1H3,(H,12,13). The number of hydrogen-bond acceptors (Lipinski definition) is 2. The van der Waals surface area contributed by atoms with E-state index in [0.717, 1.165) is 11.1 Å². The van der Waals surface area contributed by atoms with Crippen LogP contribution in [0.1, 0.15) is 17.2 Å². The summed E-state index contributed by atoms with van der Waals surface area (Å²) in [7, 11) is 0. The molecule has 0 aromatic heterocycles. The monoisotopic (exact) mass is 195 g/mol. The molecule has 1 amide bonds. The molecule has 1 aliphatic heterocycles. The highest BCUT2D eigenvalue weighted by Gasteiger charge is 2.25. The highest BCUT2D eigenvalue weighted by Crippen LogP contribution is 2.24. The largest absolute Gasteiger partial charge is 0.439 e. The summed E-state index contributed by atoms with van der Waals surface area (Å²) in [5, 5.41) is 2.53. The Bertz CT molecular complexity index is 378. The number of ether oxygens (including phenoxy) is 1. The van der Waals surface area contributed by atoms with Gasteiger partial charge in [-0.15, -0.1) is 0 Å². The number of alkyl carbamates (subject to hydrolysis) is 1. The van der Waals surface area contributed by atoms with Crippen molar-refractivity contribution in [1.82, 2.24) is 5.32 Å². The van der Waals surface area contributed by atoms with Crippen molar-refractivity contribution < 1.29 is 13.9 Å². The lowest BCUT2D eigenvalue weighted by Gasteiger charge is -2.10. The van der Waals surface area contributed by atoms with Crippen LogP contribution in [0.25, 0.3) is 0 Å². The van der Waals surface area contributed by atoms with Crippen LogP contribution in [0.15, 0.2) is 18.2 Å². The van der Waals surface area contributed by atoms with Crippen LogP contribution in [0.3, 0.4) is 0 Å². The van der Waals surface area contributed by atoms with Crippen molar-refractivity contribution in [3.8, 4) is 0 Å². The minimum atomic E-state index is -0.446. The predicted octanol–water partition coefficient (Wildman–Crippen LogP) is 1.92. The van der Waals surface area contributed by atoms with Crippen molar-refractivity contribution in [2.75, 3.05) is 6.54 Å². The van der Waals surface area contributed by atoms with Crippen LogP contribution in [-0.2, 0) is 4.74 Å². The molecule has 0 aliphatic carbocycles. The number of benzene rings is 1. The predicted molar refractivity (Wildman–Crippen MR) is 48.4 cm³/mol. The first kappa shape index (κ1) is 8.99. The van der Waals surface area contributed by atoms with Gasteiger partial charge in [-0.05, 0) is 24.6 Å². The summed E-state index contributed by atoms with van der Waals surface area (Å²) in [5.74, 6) is -0.312. The molecule has 14 heavy (non-hydrogen) atoms. The lowest BCUT2D eigenvalue weighted by molar-refractivity contribution is 0.140. The fraction of sp³-hybridized carbons (Fsp3) is 0.300. The van der Waals surface area contributed by atoms with E-state index in [1.165, 1.54) is 12.1 Å². The van der Waals surface area contributed by atoms with Gasteiger partial charge in [0.05, 0.1) is 6.54 Å². The average Bonchev–Trinajstić information content (AvgIpc) is 2.56. The molecule has 74 valence electrons. The first-order chi connectivity index (χ1) is 6.66. The van der Waals surface area contributed by atoms with Crippen molar-refractivity contribution in [2.45, 2.75) is 13.0 Å². The zero-order valence-electron chi connectivity index (χ0n) is 7.71. The minimum absolute atomic E-state index is 0.312. The molecule has 1 aromatic carbocycles. The van der Waals surface area contributed by atoms with E-state index in [1.807, 2.05) is 6.92 Å². The van der Waals surface area contributed by atoms with Crippen molar-refractivity contribution in [1.29, 1.82) is 0 Å². The Morgan fingerprint density at radius 2 is 2.36 bits per heavy atom. The van der Waals surface area contributed by atoms with Gasteiger partial charge < -0.3 is 10.1 Å². The van der Waals surface area contributed by atoms with E-state index >= 15 is 0 Å². The van der Waals surface area contributed by atoms with Crippen LogP contribution >= 0.6 is 0 Å². The third-order valence-electron chi connectivity index (χ3n) is 2.27. The van der Waals surface area contributed by atoms with E-state index in [1.54, 1.807) is 6.07 Å². The molecule has 1 saturated heterocycles. The molecule has 3 nitrogen and oxygen atoms in total. The maximum absolute atomic E-state index is 12.9. The molecule has 1 aromatic rings. The maximum Gasteiger partial charge on any atom is 0.407 e. The Hall–Kier alpha value is -1.58. The summed E-state index contributed by atoms with van der Waals surface area (Å²) in [6, 6.07) is 4.47. The van der Waals surface area contributed by atoms with E-state index in [4.69, 9.17) is 4.74 Å². The van der Waals surface area contributed by atoms with Crippen molar-refractivity contribution in [3.63, 3.8) is 0 Å². The molecule has 0 saturated carbocycles. The van der Waals surface area contributed by atoms with Crippen LogP contribution < -0.4 is 5.32 Å². The van der Waals surface area contributed by atoms with Crippen LogP contribution in [0, 0.1) is 12.7 Å². The van der Waals surface area contributed by atoms with Gasteiger partial charge in [-0.25, -0.2) is 9.18 Å².